The molecule has 2 saturated heterocycles. The van der Waals surface area contributed by atoms with E-state index in [2.05, 4.69) is 50.6 Å². The molecule has 5 rings (SSSR count). The number of aryl methyl sites for hydroxylation is 1. The van der Waals surface area contributed by atoms with Gasteiger partial charge in [0, 0.05) is 49.5 Å². The number of aromatic nitrogens is 2. The van der Waals surface area contributed by atoms with Crippen LogP contribution in [0, 0.1) is 19.7 Å². The summed E-state index contributed by atoms with van der Waals surface area (Å²) in [5.41, 5.74) is 5.37. The largest absolute Gasteiger partial charge is 0.379 e. The standard InChI is InChI=1S/C27H32FN5OS/c1-19-18-23(20(2)33(19)22-9-7-21(28)8-10-22)26-25(24-6-3-4-11-29-24)30-27(35)32(26)13-5-12-31-14-16-34-17-15-31/h3-4,6-11,18,25-26H,5,12-17H2,1-2H3,(H,30,35). The number of ether oxygens (including phenoxy) is 1. The predicted octanol–water partition coefficient (Wildman–Crippen LogP) is 4.32. The van der Waals surface area contributed by atoms with Crippen molar-refractivity contribution < 1.29 is 9.13 Å². The van der Waals surface area contributed by atoms with Gasteiger partial charge in [-0.05, 0) is 80.5 Å². The number of rotatable bonds is 7. The van der Waals surface area contributed by atoms with Crippen LogP contribution in [-0.2, 0) is 4.74 Å². The molecule has 0 radical (unpaired) electrons. The molecule has 3 aromatic rings. The van der Waals surface area contributed by atoms with Gasteiger partial charge in [-0.3, -0.25) is 9.88 Å². The summed E-state index contributed by atoms with van der Waals surface area (Å²) >= 11 is 5.86. The summed E-state index contributed by atoms with van der Waals surface area (Å²) in [6.45, 7) is 9.71. The van der Waals surface area contributed by atoms with Crippen LogP contribution in [0.15, 0.2) is 54.7 Å². The normalized spacial score (nSPS) is 20.9. The lowest BCUT2D eigenvalue weighted by Crippen LogP contribution is -2.39. The molecule has 184 valence electrons. The van der Waals surface area contributed by atoms with Crippen molar-refractivity contribution in [3.63, 3.8) is 0 Å². The molecule has 2 aromatic heterocycles. The van der Waals surface area contributed by atoms with Crippen molar-refractivity contribution in [3.05, 3.63) is 83.2 Å². The number of halogens is 1. The van der Waals surface area contributed by atoms with Gasteiger partial charge in [0.1, 0.15) is 5.82 Å². The molecule has 35 heavy (non-hydrogen) atoms. The zero-order valence-electron chi connectivity index (χ0n) is 20.3. The van der Waals surface area contributed by atoms with Gasteiger partial charge < -0.3 is 19.5 Å². The van der Waals surface area contributed by atoms with Crippen molar-refractivity contribution in [1.29, 1.82) is 0 Å². The highest BCUT2D eigenvalue weighted by atomic mass is 32.1. The Balaban J connectivity index is 1.47. The minimum absolute atomic E-state index is 0.0162. The Morgan fingerprint density at radius 2 is 1.86 bits per heavy atom. The number of hydrogen-bond donors (Lipinski definition) is 1. The van der Waals surface area contributed by atoms with Gasteiger partial charge in [0.25, 0.3) is 0 Å². The van der Waals surface area contributed by atoms with Gasteiger partial charge in [0.05, 0.1) is 31.0 Å². The first-order valence-electron chi connectivity index (χ1n) is 12.3. The molecule has 0 aliphatic carbocycles. The first-order valence-corrected chi connectivity index (χ1v) is 12.7. The van der Waals surface area contributed by atoms with E-state index in [4.69, 9.17) is 17.0 Å². The molecule has 0 saturated carbocycles. The fraction of sp³-hybridized carbons (Fsp3) is 0.407. The molecular formula is C27H32FN5OS. The van der Waals surface area contributed by atoms with E-state index in [0.717, 1.165) is 73.7 Å². The number of morpholine rings is 1. The molecule has 6 nitrogen and oxygen atoms in total. The lowest BCUT2D eigenvalue weighted by atomic mass is 9.96. The van der Waals surface area contributed by atoms with E-state index >= 15 is 0 Å². The lowest BCUT2D eigenvalue weighted by molar-refractivity contribution is 0.0365. The second-order valence-electron chi connectivity index (χ2n) is 9.27. The molecule has 0 bridgehead atoms. The summed E-state index contributed by atoms with van der Waals surface area (Å²) < 4.78 is 21.3. The summed E-state index contributed by atoms with van der Waals surface area (Å²) in [6.07, 6.45) is 2.85. The average molecular weight is 494 g/mol. The van der Waals surface area contributed by atoms with Crippen LogP contribution in [0.1, 0.15) is 41.1 Å². The van der Waals surface area contributed by atoms with E-state index in [0.29, 0.717) is 0 Å². The van der Waals surface area contributed by atoms with Crippen LogP contribution in [0.4, 0.5) is 4.39 Å². The maximum atomic E-state index is 13.6. The van der Waals surface area contributed by atoms with E-state index < -0.39 is 0 Å². The minimum Gasteiger partial charge on any atom is -0.379 e. The van der Waals surface area contributed by atoms with Crippen molar-refractivity contribution in [3.8, 4) is 5.69 Å². The van der Waals surface area contributed by atoms with Gasteiger partial charge in [-0.25, -0.2) is 4.39 Å². The van der Waals surface area contributed by atoms with Gasteiger partial charge in [-0.2, -0.15) is 0 Å². The smallest absolute Gasteiger partial charge is 0.170 e. The van der Waals surface area contributed by atoms with Crippen molar-refractivity contribution in [2.45, 2.75) is 32.4 Å². The van der Waals surface area contributed by atoms with E-state index in [1.807, 2.05) is 30.5 Å². The highest BCUT2D eigenvalue weighted by molar-refractivity contribution is 7.80. The third-order valence-electron chi connectivity index (χ3n) is 7.05. The molecule has 4 heterocycles. The van der Waals surface area contributed by atoms with Crippen LogP contribution in [0.25, 0.3) is 5.69 Å². The molecule has 1 aromatic carbocycles. The SMILES string of the molecule is Cc1cc(C2C(c3ccccn3)NC(=S)N2CCCN2CCOCC2)c(C)n1-c1ccc(F)cc1. The number of hydrogen-bond acceptors (Lipinski definition) is 4. The fourth-order valence-electron chi connectivity index (χ4n) is 5.35. The van der Waals surface area contributed by atoms with Crippen LogP contribution >= 0.6 is 12.2 Å². The highest BCUT2D eigenvalue weighted by Crippen LogP contribution is 2.41. The highest BCUT2D eigenvalue weighted by Gasteiger charge is 2.41. The molecule has 0 amide bonds. The van der Waals surface area contributed by atoms with Gasteiger partial charge in [0.2, 0.25) is 0 Å². The van der Waals surface area contributed by atoms with Crippen LogP contribution < -0.4 is 5.32 Å². The van der Waals surface area contributed by atoms with Gasteiger partial charge in [-0.15, -0.1) is 0 Å². The summed E-state index contributed by atoms with van der Waals surface area (Å²) in [6, 6.07) is 14.9. The summed E-state index contributed by atoms with van der Waals surface area (Å²) in [5.74, 6) is -0.233. The second-order valence-corrected chi connectivity index (χ2v) is 9.65. The molecule has 2 aliphatic heterocycles. The molecule has 2 aliphatic rings. The Kier molecular flexibility index (Phi) is 7.13. The Morgan fingerprint density at radius 1 is 1.09 bits per heavy atom. The summed E-state index contributed by atoms with van der Waals surface area (Å²) in [7, 11) is 0. The number of nitrogens with zero attached hydrogens (tertiary/aromatic N) is 4. The van der Waals surface area contributed by atoms with Crippen LogP contribution in [0.2, 0.25) is 0 Å². The van der Waals surface area contributed by atoms with Crippen molar-refractivity contribution in [2.24, 2.45) is 0 Å². The summed E-state index contributed by atoms with van der Waals surface area (Å²) in [4.78, 5) is 9.45. The second kappa shape index (κ2) is 10.4. The fourth-order valence-corrected chi connectivity index (χ4v) is 5.68. The quantitative estimate of drug-likeness (QED) is 0.495. The van der Waals surface area contributed by atoms with Crippen molar-refractivity contribution in [1.82, 2.24) is 24.7 Å². The summed E-state index contributed by atoms with van der Waals surface area (Å²) in [5, 5.41) is 4.33. The first kappa shape index (κ1) is 23.9. The zero-order valence-corrected chi connectivity index (χ0v) is 21.1. The van der Waals surface area contributed by atoms with E-state index in [1.54, 1.807) is 0 Å². The molecule has 2 fully saturated rings. The number of pyridine rings is 1. The number of thiocarbonyl (C=S) groups is 1. The van der Waals surface area contributed by atoms with E-state index in [1.165, 1.54) is 17.7 Å². The van der Waals surface area contributed by atoms with Gasteiger partial charge in [0.15, 0.2) is 5.11 Å². The Bertz CT molecular complexity index is 1160. The number of nitrogens with one attached hydrogen (secondary N) is 1. The molecular weight excluding hydrogens is 461 g/mol. The van der Waals surface area contributed by atoms with Crippen LogP contribution in [0.3, 0.4) is 0 Å². The molecule has 2 atom stereocenters. The predicted molar refractivity (Wildman–Crippen MR) is 139 cm³/mol. The van der Waals surface area contributed by atoms with E-state index in [-0.39, 0.29) is 17.9 Å². The Labute approximate surface area is 211 Å². The molecule has 2 unspecified atom stereocenters. The molecule has 8 heteroatoms. The topological polar surface area (TPSA) is 45.6 Å². The van der Waals surface area contributed by atoms with Gasteiger partial charge in [-0.1, -0.05) is 6.07 Å². The van der Waals surface area contributed by atoms with Crippen LogP contribution in [-0.4, -0.2) is 63.9 Å². The third kappa shape index (κ3) is 4.96. The van der Waals surface area contributed by atoms with E-state index in [9.17, 15) is 4.39 Å². The third-order valence-corrected chi connectivity index (χ3v) is 7.40. The maximum Gasteiger partial charge on any atom is 0.170 e. The average Bonchev–Trinajstić information content (AvgIpc) is 3.36. The minimum atomic E-state index is -0.233. The Hall–Kier alpha value is -2.81. The molecule has 1 N–H and O–H groups in total. The van der Waals surface area contributed by atoms with Crippen LogP contribution in [0.5, 0.6) is 0 Å². The zero-order chi connectivity index (χ0) is 24.4. The molecule has 0 spiro atoms. The lowest BCUT2D eigenvalue weighted by Gasteiger charge is -2.30. The van der Waals surface area contributed by atoms with Crippen molar-refractivity contribution >= 4 is 17.3 Å². The maximum absolute atomic E-state index is 13.6. The Morgan fingerprint density at radius 3 is 2.57 bits per heavy atom. The monoisotopic (exact) mass is 493 g/mol. The van der Waals surface area contributed by atoms with Gasteiger partial charge >= 0.3 is 0 Å². The number of benzene rings is 1. The van der Waals surface area contributed by atoms with Crippen molar-refractivity contribution in [2.75, 3.05) is 39.4 Å². The first-order chi connectivity index (χ1) is 17.0.